The number of carbonyl (C=O) groups excluding carboxylic acids is 2. The van der Waals surface area contributed by atoms with Crippen molar-refractivity contribution in [3.05, 3.63) is 53.2 Å². The standard InChI is InChI=1S/C20H23N3O3/c1-12(2)19-22-23-20(26-19)13(3)21-18(25)11-16-15(9-10-17(16)24)14-7-5-4-6-8-14/h4-8,12-13H,9-11H2,1-3H3,(H,21,25)/t13-/m1/s1. The first-order chi connectivity index (χ1) is 12.5. The van der Waals surface area contributed by atoms with E-state index in [2.05, 4.69) is 15.5 Å². The maximum absolute atomic E-state index is 12.5. The molecule has 1 aliphatic rings. The van der Waals surface area contributed by atoms with E-state index in [0.29, 0.717) is 30.2 Å². The van der Waals surface area contributed by atoms with Crippen molar-refractivity contribution >= 4 is 17.3 Å². The lowest BCUT2D eigenvalue weighted by molar-refractivity contribution is -0.123. The Bertz CT molecular complexity index is 837. The smallest absolute Gasteiger partial charge is 0.238 e. The van der Waals surface area contributed by atoms with Crippen LogP contribution in [0.2, 0.25) is 0 Å². The molecule has 26 heavy (non-hydrogen) atoms. The van der Waals surface area contributed by atoms with Crippen molar-refractivity contribution < 1.29 is 14.0 Å². The summed E-state index contributed by atoms with van der Waals surface area (Å²) in [6.45, 7) is 5.71. The average molecular weight is 353 g/mol. The summed E-state index contributed by atoms with van der Waals surface area (Å²) in [7, 11) is 0. The van der Waals surface area contributed by atoms with Gasteiger partial charge < -0.3 is 9.73 Å². The Balaban J connectivity index is 1.70. The molecule has 1 aromatic carbocycles. The molecule has 0 saturated carbocycles. The number of nitrogens with one attached hydrogen (secondary N) is 1. The van der Waals surface area contributed by atoms with Crippen LogP contribution in [0.25, 0.3) is 5.57 Å². The molecule has 1 amide bonds. The minimum atomic E-state index is -0.403. The van der Waals surface area contributed by atoms with Crippen LogP contribution in [0.15, 0.2) is 40.3 Å². The largest absolute Gasteiger partial charge is 0.423 e. The Morgan fingerprint density at radius 2 is 1.81 bits per heavy atom. The van der Waals surface area contributed by atoms with Crippen LogP contribution < -0.4 is 5.32 Å². The first kappa shape index (κ1) is 18.0. The molecule has 0 spiro atoms. The van der Waals surface area contributed by atoms with Crippen molar-refractivity contribution in [1.29, 1.82) is 0 Å². The van der Waals surface area contributed by atoms with Crippen molar-refractivity contribution in [2.24, 2.45) is 0 Å². The van der Waals surface area contributed by atoms with Crippen LogP contribution in [0, 0.1) is 0 Å². The fourth-order valence-electron chi connectivity index (χ4n) is 3.04. The normalized spacial score (nSPS) is 15.6. The number of allylic oxidation sites excluding steroid dienone is 1. The molecule has 2 aromatic rings. The summed E-state index contributed by atoms with van der Waals surface area (Å²) in [6.07, 6.45) is 1.21. The van der Waals surface area contributed by atoms with E-state index in [9.17, 15) is 9.59 Å². The summed E-state index contributed by atoms with van der Waals surface area (Å²) >= 11 is 0. The number of carbonyl (C=O) groups is 2. The maximum atomic E-state index is 12.5. The third-order valence-corrected chi connectivity index (χ3v) is 4.46. The average Bonchev–Trinajstić information content (AvgIpc) is 3.24. The van der Waals surface area contributed by atoms with Gasteiger partial charge in [-0.3, -0.25) is 9.59 Å². The van der Waals surface area contributed by atoms with Crippen molar-refractivity contribution in [2.45, 2.75) is 52.0 Å². The lowest BCUT2D eigenvalue weighted by Gasteiger charge is -2.11. The molecular formula is C20H23N3O3. The number of nitrogens with zero attached hydrogens (tertiary/aromatic N) is 2. The number of ketones is 1. The molecular weight excluding hydrogens is 330 g/mol. The van der Waals surface area contributed by atoms with E-state index in [1.165, 1.54) is 0 Å². The molecule has 3 rings (SSSR count). The number of hydrogen-bond donors (Lipinski definition) is 1. The lowest BCUT2D eigenvalue weighted by Crippen LogP contribution is -2.27. The van der Waals surface area contributed by atoms with Gasteiger partial charge in [0.15, 0.2) is 5.78 Å². The third-order valence-electron chi connectivity index (χ3n) is 4.46. The molecule has 1 aliphatic carbocycles. The van der Waals surface area contributed by atoms with Crippen molar-refractivity contribution in [2.75, 3.05) is 0 Å². The number of amides is 1. The molecule has 0 aliphatic heterocycles. The van der Waals surface area contributed by atoms with Crippen LogP contribution >= 0.6 is 0 Å². The van der Waals surface area contributed by atoms with Gasteiger partial charge >= 0.3 is 0 Å². The first-order valence-electron chi connectivity index (χ1n) is 8.89. The molecule has 6 nitrogen and oxygen atoms in total. The lowest BCUT2D eigenvalue weighted by atomic mass is 10.00. The SMILES string of the molecule is CC(C)c1nnc([C@@H](C)NC(=O)CC2=C(c3ccccc3)CCC2=O)o1. The van der Waals surface area contributed by atoms with Gasteiger partial charge in [0.2, 0.25) is 17.7 Å². The van der Waals surface area contributed by atoms with Gasteiger partial charge in [0.05, 0.1) is 6.42 Å². The monoisotopic (exact) mass is 353 g/mol. The number of benzene rings is 1. The summed E-state index contributed by atoms with van der Waals surface area (Å²) in [5, 5.41) is 10.8. The zero-order valence-corrected chi connectivity index (χ0v) is 15.3. The summed E-state index contributed by atoms with van der Waals surface area (Å²) < 4.78 is 5.57. The fraction of sp³-hybridized carbons (Fsp3) is 0.400. The van der Waals surface area contributed by atoms with E-state index in [0.717, 1.165) is 11.1 Å². The Kier molecular flexibility index (Phi) is 5.30. The van der Waals surface area contributed by atoms with Gasteiger partial charge in [-0.1, -0.05) is 44.2 Å². The molecule has 0 radical (unpaired) electrons. The van der Waals surface area contributed by atoms with E-state index >= 15 is 0 Å². The number of hydrogen-bond acceptors (Lipinski definition) is 5. The molecule has 136 valence electrons. The van der Waals surface area contributed by atoms with Crippen molar-refractivity contribution in [3.63, 3.8) is 0 Å². The molecule has 1 aromatic heterocycles. The van der Waals surface area contributed by atoms with Gasteiger partial charge in [-0.05, 0) is 24.5 Å². The topological polar surface area (TPSA) is 85.1 Å². The van der Waals surface area contributed by atoms with Crippen molar-refractivity contribution in [3.8, 4) is 0 Å². The minimum absolute atomic E-state index is 0.0477. The molecule has 1 N–H and O–H groups in total. The van der Waals surface area contributed by atoms with E-state index < -0.39 is 6.04 Å². The number of rotatable bonds is 6. The van der Waals surface area contributed by atoms with E-state index in [1.807, 2.05) is 44.2 Å². The van der Waals surface area contributed by atoms with Gasteiger partial charge in [0.25, 0.3) is 0 Å². The van der Waals surface area contributed by atoms with Gasteiger partial charge in [-0.25, -0.2) is 0 Å². The molecule has 0 saturated heterocycles. The second kappa shape index (κ2) is 7.64. The molecule has 1 heterocycles. The number of aromatic nitrogens is 2. The predicted molar refractivity (Wildman–Crippen MR) is 97.2 cm³/mol. The molecule has 0 unspecified atom stereocenters. The molecule has 0 fully saturated rings. The second-order valence-corrected chi connectivity index (χ2v) is 6.85. The van der Waals surface area contributed by atoms with E-state index in [4.69, 9.17) is 4.42 Å². The molecule has 6 heteroatoms. The quantitative estimate of drug-likeness (QED) is 0.858. The van der Waals surface area contributed by atoms with Gasteiger partial charge in [0.1, 0.15) is 6.04 Å². The Morgan fingerprint density at radius 3 is 2.46 bits per heavy atom. The minimum Gasteiger partial charge on any atom is -0.423 e. The third kappa shape index (κ3) is 3.90. The van der Waals surface area contributed by atoms with Crippen LogP contribution in [0.3, 0.4) is 0 Å². The fourth-order valence-corrected chi connectivity index (χ4v) is 3.04. The maximum Gasteiger partial charge on any atom is 0.238 e. The Morgan fingerprint density at radius 1 is 1.12 bits per heavy atom. The van der Waals surface area contributed by atoms with Crippen molar-refractivity contribution in [1.82, 2.24) is 15.5 Å². The van der Waals surface area contributed by atoms with Crippen LogP contribution in [-0.4, -0.2) is 21.9 Å². The predicted octanol–water partition coefficient (Wildman–Crippen LogP) is 3.58. The van der Waals surface area contributed by atoms with Gasteiger partial charge in [-0.15, -0.1) is 10.2 Å². The summed E-state index contributed by atoms with van der Waals surface area (Å²) in [6, 6.07) is 9.35. The summed E-state index contributed by atoms with van der Waals surface area (Å²) in [5.41, 5.74) is 2.58. The Labute approximate surface area is 152 Å². The highest BCUT2D eigenvalue weighted by molar-refractivity contribution is 6.10. The highest BCUT2D eigenvalue weighted by Gasteiger charge is 2.26. The van der Waals surface area contributed by atoms with E-state index in [-0.39, 0.29) is 24.0 Å². The summed E-state index contributed by atoms with van der Waals surface area (Å²) in [4.78, 5) is 24.7. The molecule has 1 atom stereocenters. The van der Waals surface area contributed by atoms with Crippen LogP contribution in [0.4, 0.5) is 0 Å². The second-order valence-electron chi connectivity index (χ2n) is 6.85. The zero-order chi connectivity index (χ0) is 18.7. The highest BCUT2D eigenvalue weighted by atomic mass is 16.4. The van der Waals surface area contributed by atoms with Crippen LogP contribution in [0.5, 0.6) is 0 Å². The first-order valence-corrected chi connectivity index (χ1v) is 8.89. The van der Waals surface area contributed by atoms with Gasteiger partial charge in [-0.2, -0.15) is 0 Å². The van der Waals surface area contributed by atoms with Gasteiger partial charge in [0, 0.05) is 17.9 Å². The molecule has 0 bridgehead atoms. The Hall–Kier alpha value is -2.76. The van der Waals surface area contributed by atoms with Crippen LogP contribution in [-0.2, 0) is 9.59 Å². The zero-order valence-electron chi connectivity index (χ0n) is 15.3. The number of Topliss-reactive ketones (excluding diaryl/α,β-unsaturated/α-hetero) is 1. The highest BCUT2D eigenvalue weighted by Crippen LogP contribution is 2.33. The van der Waals surface area contributed by atoms with E-state index in [1.54, 1.807) is 6.92 Å². The van der Waals surface area contributed by atoms with Crippen LogP contribution in [0.1, 0.15) is 69.3 Å². The summed E-state index contributed by atoms with van der Waals surface area (Å²) in [5.74, 6) is 0.874.